The van der Waals surface area contributed by atoms with Gasteiger partial charge in [0.05, 0.1) is 17.1 Å². The van der Waals surface area contributed by atoms with E-state index in [4.69, 9.17) is 6.42 Å². The molecule has 0 fully saturated rings. The molecule has 0 aliphatic heterocycles. The minimum Gasteiger partial charge on any atom is -0.352 e. The molecule has 1 amide bonds. The van der Waals surface area contributed by atoms with Gasteiger partial charge in [0.2, 0.25) is 10.0 Å². The van der Waals surface area contributed by atoms with Crippen LogP contribution < -0.4 is 10.0 Å². The normalized spacial score (nSPS) is 11.2. The molecule has 0 spiro atoms. The highest BCUT2D eigenvalue weighted by Crippen LogP contribution is 2.11. The Morgan fingerprint density at radius 2 is 2.07 bits per heavy atom. The topological polar surface area (TPSA) is 92.6 Å². The summed E-state index contributed by atoms with van der Waals surface area (Å²) in [5.41, 5.74) is 1.96. The summed E-state index contributed by atoms with van der Waals surface area (Å²) >= 11 is 0. The Labute approximate surface area is 157 Å². The molecule has 0 bridgehead atoms. The summed E-state index contributed by atoms with van der Waals surface area (Å²) in [5.74, 6) is 1.85. The molecule has 0 atom stereocenters. The zero-order valence-corrected chi connectivity index (χ0v) is 15.2. The number of hydrogen-bond donors (Lipinski definition) is 2. The van der Waals surface area contributed by atoms with Crippen LogP contribution in [-0.2, 0) is 16.4 Å². The average Bonchev–Trinajstić information content (AvgIpc) is 3.09. The summed E-state index contributed by atoms with van der Waals surface area (Å²) < 4.78 is 28.4. The first-order valence-corrected chi connectivity index (χ1v) is 9.72. The van der Waals surface area contributed by atoms with Gasteiger partial charge in [-0.15, -0.1) is 6.42 Å². The Morgan fingerprint density at radius 1 is 1.22 bits per heavy atom. The molecule has 3 aromatic rings. The first-order chi connectivity index (χ1) is 13.0. The van der Waals surface area contributed by atoms with Crippen LogP contribution in [0, 0.1) is 12.3 Å². The minimum absolute atomic E-state index is 0.00856. The van der Waals surface area contributed by atoms with Gasteiger partial charge in [-0.2, -0.15) is 4.72 Å². The number of imidazole rings is 1. The lowest BCUT2D eigenvalue weighted by molar-refractivity contribution is 0.0954. The molecule has 0 aliphatic carbocycles. The van der Waals surface area contributed by atoms with E-state index >= 15 is 0 Å². The molecule has 0 saturated carbocycles. The molecule has 7 nitrogen and oxygen atoms in total. The lowest BCUT2D eigenvalue weighted by Crippen LogP contribution is -2.27. The number of amides is 1. The number of benzene rings is 1. The minimum atomic E-state index is -3.74. The van der Waals surface area contributed by atoms with Gasteiger partial charge in [0.15, 0.2) is 0 Å². The van der Waals surface area contributed by atoms with Gasteiger partial charge in [0.1, 0.15) is 5.65 Å². The van der Waals surface area contributed by atoms with Crippen LogP contribution in [-0.4, -0.2) is 36.8 Å². The predicted octanol–water partition coefficient (Wildman–Crippen LogP) is 1.22. The van der Waals surface area contributed by atoms with E-state index in [1.165, 1.54) is 18.2 Å². The number of carbonyl (C=O) groups is 1. The fourth-order valence-corrected chi connectivity index (χ4v) is 3.52. The number of rotatable bonds is 7. The molecule has 1 aromatic carbocycles. The van der Waals surface area contributed by atoms with Crippen molar-refractivity contribution in [2.45, 2.75) is 11.3 Å². The van der Waals surface area contributed by atoms with E-state index in [0.29, 0.717) is 13.0 Å². The largest absolute Gasteiger partial charge is 0.352 e. The third-order valence-corrected chi connectivity index (χ3v) is 5.25. The zero-order valence-electron chi connectivity index (χ0n) is 14.4. The molecule has 0 aliphatic rings. The summed E-state index contributed by atoms with van der Waals surface area (Å²) in [5, 5.41) is 2.78. The fraction of sp³-hybridized carbons (Fsp3) is 0.158. The van der Waals surface area contributed by atoms with Crippen molar-refractivity contribution in [1.82, 2.24) is 19.4 Å². The highest BCUT2D eigenvalue weighted by molar-refractivity contribution is 7.89. The molecule has 8 heteroatoms. The molecule has 27 heavy (non-hydrogen) atoms. The van der Waals surface area contributed by atoms with Crippen LogP contribution in [0.4, 0.5) is 0 Å². The summed E-state index contributed by atoms with van der Waals surface area (Å²) in [6.45, 7) is 0.271. The first-order valence-electron chi connectivity index (χ1n) is 8.23. The van der Waals surface area contributed by atoms with Gasteiger partial charge in [0, 0.05) is 30.9 Å². The average molecular weight is 382 g/mol. The van der Waals surface area contributed by atoms with Crippen molar-refractivity contribution in [3.05, 3.63) is 66.1 Å². The van der Waals surface area contributed by atoms with Crippen molar-refractivity contribution in [3.8, 4) is 12.3 Å². The van der Waals surface area contributed by atoms with Crippen LogP contribution >= 0.6 is 0 Å². The molecular formula is C19H18N4O3S. The quantitative estimate of drug-likeness (QED) is 0.601. The van der Waals surface area contributed by atoms with Crippen LogP contribution in [0.25, 0.3) is 5.65 Å². The van der Waals surface area contributed by atoms with Crippen molar-refractivity contribution in [3.63, 3.8) is 0 Å². The van der Waals surface area contributed by atoms with E-state index in [1.54, 1.807) is 6.07 Å². The van der Waals surface area contributed by atoms with E-state index < -0.39 is 10.0 Å². The molecule has 138 valence electrons. The number of hydrogen-bond acceptors (Lipinski definition) is 4. The molecule has 2 heterocycles. The maximum Gasteiger partial charge on any atom is 0.251 e. The zero-order chi connectivity index (χ0) is 19.3. The second-order valence-electron chi connectivity index (χ2n) is 5.76. The van der Waals surface area contributed by atoms with Crippen LogP contribution in [0.15, 0.2) is 59.8 Å². The second kappa shape index (κ2) is 8.03. The number of carbonyl (C=O) groups excluding carboxylic acids is 1. The first kappa shape index (κ1) is 18.6. The van der Waals surface area contributed by atoms with Crippen LogP contribution in [0.1, 0.15) is 16.1 Å². The maximum absolute atomic E-state index is 12.3. The van der Waals surface area contributed by atoms with E-state index in [-0.39, 0.29) is 22.9 Å². The molecule has 0 unspecified atom stereocenters. The highest BCUT2D eigenvalue weighted by Gasteiger charge is 2.15. The molecule has 0 saturated heterocycles. The van der Waals surface area contributed by atoms with Gasteiger partial charge in [0.25, 0.3) is 5.91 Å². The fourth-order valence-electron chi connectivity index (χ4n) is 2.54. The van der Waals surface area contributed by atoms with E-state index in [2.05, 4.69) is 20.9 Å². The van der Waals surface area contributed by atoms with Gasteiger partial charge in [-0.05, 0) is 30.3 Å². The number of pyridine rings is 1. The Hall–Kier alpha value is -3.15. The van der Waals surface area contributed by atoms with E-state index in [1.807, 2.05) is 35.0 Å². The van der Waals surface area contributed by atoms with Crippen LogP contribution in [0.3, 0.4) is 0 Å². The van der Waals surface area contributed by atoms with E-state index in [0.717, 1.165) is 11.3 Å². The molecule has 3 rings (SSSR count). The Balaban J connectivity index is 1.62. The lowest BCUT2D eigenvalue weighted by atomic mass is 10.2. The third-order valence-electron chi connectivity index (χ3n) is 3.85. The van der Waals surface area contributed by atoms with Crippen molar-refractivity contribution >= 4 is 21.6 Å². The maximum atomic E-state index is 12.3. The van der Waals surface area contributed by atoms with Gasteiger partial charge in [-0.1, -0.05) is 18.1 Å². The number of nitrogens with zero attached hydrogens (tertiary/aromatic N) is 2. The number of fused-ring (bicyclic) bond motifs is 1. The third kappa shape index (κ3) is 4.53. The second-order valence-corrected chi connectivity index (χ2v) is 7.53. The van der Waals surface area contributed by atoms with Crippen molar-refractivity contribution in [2.24, 2.45) is 0 Å². The number of sulfonamides is 1. The Morgan fingerprint density at radius 3 is 2.85 bits per heavy atom. The predicted molar refractivity (Wildman–Crippen MR) is 102 cm³/mol. The van der Waals surface area contributed by atoms with Crippen molar-refractivity contribution in [1.29, 1.82) is 0 Å². The Bertz CT molecular complexity index is 1080. The Kier molecular flexibility index (Phi) is 5.54. The highest BCUT2D eigenvalue weighted by atomic mass is 32.2. The van der Waals surface area contributed by atoms with Gasteiger partial charge >= 0.3 is 0 Å². The summed E-state index contributed by atoms with van der Waals surface area (Å²) in [7, 11) is -3.74. The van der Waals surface area contributed by atoms with Crippen molar-refractivity contribution in [2.75, 3.05) is 13.1 Å². The lowest BCUT2D eigenvalue weighted by Gasteiger charge is -2.07. The monoisotopic (exact) mass is 382 g/mol. The van der Waals surface area contributed by atoms with Gasteiger partial charge < -0.3 is 9.72 Å². The summed E-state index contributed by atoms with van der Waals surface area (Å²) in [4.78, 5) is 16.8. The van der Waals surface area contributed by atoms with Gasteiger partial charge in [-0.25, -0.2) is 13.4 Å². The molecule has 2 N–H and O–H groups in total. The standard InChI is InChI=1S/C19H18N4O3S/c1-2-10-21-27(25,26)17-7-5-6-15(13-17)19(24)20-11-9-16-14-23-12-4-3-8-18(23)22-16/h1,3-8,12-14,21H,9-11H2,(H,20,24). The molecule has 2 aromatic heterocycles. The summed E-state index contributed by atoms with van der Waals surface area (Å²) in [6, 6.07) is 11.5. The number of terminal acetylenes is 1. The SMILES string of the molecule is C#CCNS(=O)(=O)c1cccc(C(=O)NCCc2cn3ccccc3n2)c1. The smallest absolute Gasteiger partial charge is 0.251 e. The molecular weight excluding hydrogens is 364 g/mol. The number of nitrogens with one attached hydrogen (secondary N) is 2. The van der Waals surface area contributed by atoms with Crippen molar-refractivity contribution < 1.29 is 13.2 Å². The van der Waals surface area contributed by atoms with Crippen LogP contribution in [0.2, 0.25) is 0 Å². The van der Waals surface area contributed by atoms with E-state index in [9.17, 15) is 13.2 Å². The van der Waals surface area contributed by atoms with Crippen LogP contribution in [0.5, 0.6) is 0 Å². The van der Waals surface area contributed by atoms with Gasteiger partial charge in [-0.3, -0.25) is 4.79 Å². The number of aromatic nitrogens is 2. The molecule has 0 radical (unpaired) electrons. The summed E-state index contributed by atoms with van der Waals surface area (Å²) in [6.07, 6.45) is 9.45.